The van der Waals surface area contributed by atoms with E-state index in [9.17, 15) is 5.11 Å². The van der Waals surface area contributed by atoms with E-state index >= 15 is 0 Å². The molecule has 0 radical (unpaired) electrons. The van der Waals surface area contributed by atoms with E-state index < -0.39 is 0 Å². The lowest BCUT2D eigenvalue weighted by Crippen LogP contribution is -3.13. The number of ether oxygens (including phenoxy) is 2. The standard InChI is InChI=1S/C17H26N2O3/c1-14-10-15(12-18-2-6-21-7-3-18)17(20)16(11-14)13-19-4-8-22-9-5-19/h10-11,20H,2-9,12-13H2,1H3/p+2. The fraction of sp³-hybridized carbons (Fsp3) is 0.647. The van der Waals surface area contributed by atoms with E-state index in [1.165, 1.54) is 15.4 Å². The van der Waals surface area contributed by atoms with Crippen LogP contribution in [0.5, 0.6) is 5.75 Å². The van der Waals surface area contributed by atoms with Gasteiger partial charge in [0.05, 0.1) is 26.4 Å². The average molecular weight is 308 g/mol. The first kappa shape index (κ1) is 15.7. The van der Waals surface area contributed by atoms with Gasteiger partial charge >= 0.3 is 0 Å². The van der Waals surface area contributed by atoms with Crippen molar-refractivity contribution >= 4 is 0 Å². The smallest absolute Gasteiger partial charge is 0.133 e. The molecule has 0 saturated carbocycles. The fourth-order valence-corrected chi connectivity index (χ4v) is 3.42. The Morgan fingerprint density at radius 2 is 1.27 bits per heavy atom. The van der Waals surface area contributed by atoms with E-state index in [-0.39, 0.29) is 0 Å². The van der Waals surface area contributed by atoms with Gasteiger partial charge in [0.15, 0.2) is 0 Å². The van der Waals surface area contributed by atoms with Crippen LogP contribution >= 0.6 is 0 Å². The van der Waals surface area contributed by atoms with Gasteiger partial charge in [0, 0.05) is 11.1 Å². The SMILES string of the molecule is Cc1cc(C[NH+]2CCOCC2)c(O)c(C[NH+]2CCOCC2)c1. The second-order valence-corrected chi connectivity index (χ2v) is 6.51. The number of phenols is 1. The van der Waals surface area contributed by atoms with Crippen LogP contribution in [0.4, 0.5) is 0 Å². The van der Waals surface area contributed by atoms with Crippen LogP contribution < -0.4 is 9.80 Å². The molecule has 0 unspecified atom stereocenters. The zero-order chi connectivity index (χ0) is 15.4. The van der Waals surface area contributed by atoms with Crippen molar-refractivity contribution in [3.63, 3.8) is 0 Å². The molecule has 0 amide bonds. The van der Waals surface area contributed by atoms with Crippen molar-refractivity contribution in [3.8, 4) is 5.75 Å². The normalized spacial score (nSPS) is 21.1. The highest BCUT2D eigenvalue weighted by molar-refractivity contribution is 5.42. The summed E-state index contributed by atoms with van der Waals surface area (Å²) >= 11 is 0. The first-order valence-electron chi connectivity index (χ1n) is 8.36. The van der Waals surface area contributed by atoms with E-state index in [4.69, 9.17) is 9.47 Å². The molecular formula is C17H28N2O3+2. The van der Waals surface area contributed by atoms with Gasteiger partial charge in [-0.2, -0.15) is 0 Å². The minimum absolute atomic E-state index is 0.503. The summed E-state index contributed by atoms with van der Waals surface area (Å²) in [6.45, 7) is 11.3. The van der Waals surface area contributed by atoms with Crippen molar-refractivity contribution in [2.45, 2.75) is 20.0 Å². The summed E-state index contributed by atoms with van der Waals surface area (Å²) in [6, 6.07) is 4.27. The van der Waals surface area contributed by atoms with Crippen LogP contribution in [-0.2, 0) is 22.6 Å². The highest BCUT2D eigenvalue weighted by atomic mass is 16.5. The molecule has 2 saturated heterocycles. The molecule has 0 spiro atoms. The molecule has 2 aliphatic rings. The minimum atomic E-state index is 0.503. The molecule has 0 aliphatic carbocycles. The second kappa shape index (κ2) is 7.42. The minimum Gasteiger partial charge on any atom is -0.507 e. The van der Waals surface area contributed by atoms with Crippen LogP contribution in [0.2, 0.25) is 0 Å². The summed E-state index contributed by atoms with van der Waals surface area (Å²) in [5, 5.41) is 10.7. The van der Waals surface area contributed by atoms with Crippen LogP contribution in [-0.4, -0.2) is 57.7 Å². The number of morpholine rings is 2. The average Bonchev–Trinajstić information content (AvgIpc) is 2.54. The molecule has 1 aromatic rings. The molecule has 2 heterocycles. The molecule has 2 aliphatic heterocycles. The predicted molar refractivity (Wildman–Crippen MR) is 83.3 cm³/mol. The second-order valence-electron chi connectivity index (χ2n) is 6.51. The third-order valence-corrected chi connectivity index (χ3v) is 4.69. The first-order chi connectivity index (χ1) is 10.7. The van der Waals surface area contributed by atoms with Crippen LogP contribution in [0.1, 0.15) is 16.7 Å². The Balaban J connectivity index is 1.72. The van der Waals surface area contributed by atoms with Gasteiger partial charge in [-0.25, -0.2) is 0 Å². The van der Waals surface area contributed by atoms with Crippen molar-refractivity contribution in [1.82, 2.24) is 0 Å². The quantitative estimate of drug-likeness (QED) is 0.637. The summed E-state index contributed by atoms with van der Waals surface area (Å²) in [5.74, 6) is 0.503. The molecule has 3 rings (SSSR count). The van der Waals surface area contributed by atoms with E-state index in [0.29, 0.717) is 5.75 Å². The number of aryl methyl sites for hydroxylation is 1. The van der Waals surface area contributed by atoms with Crippen LogP contribution in [0.15, 0.2) is 12.1 Å². The molecule has 0 bridgehead atoms. The lowest BCUT2D eigenvalue weighted by atomic mass is 10.0. The highest BCUT2D eigenvalue weighted by Crippen LogP contribution is 2.23. The van der Waals surface area contributed by atoms with E-state index in [2.05, 4.69) is 19.1 Å². The van der Waals surface area contributed by atoms with Crippen molar-refractivity contribution in [3.05, 3.63) is 28.8 Å². The maximum atomic E-state index is 10.7. The summed E-state index contributed by atoms with van der Waals surface area (Å²) in [7, 11) is 0. The third kappa shape index (κ3) is 3.98. The van der Waals surface area contributed by atoms with Gasteiger partial charge in [0.25, 0.3) is 0 Å². The summed E-state index contributed by atoms with van der Waals surface area (Å²) in [4.78, 5) is 2.99. The number of quaternary nitrogens is 2. The lowest BCUT2D eigenvalue weighted by Gasteiger charge is -2.26. The predicted octanol–water partition coefficient (Wildman–Crippen LogP) is -1.47. The molecule has 122 valence electrons. The Bertz CT molecular complexity index is 454. The monoisotopic (exact) mass is 308 g/mol. The Morgan fingerprint density at radius 3 is 1.68 bits per heavy atom. The molecule has 3 N–H and O–H groups in total. The van der Waals surface area contributed by atoms with E-state index in [1.54, 1.807) is 0 Å². The van der Waals surface area contributed by atoms with Crippen molar-refractivity contribution in [2.75, 3.05) is 52.6 Å². The third-order valence-electron chi connectivity index (χ3n) is 4.69. The summed E-state index contributed by atoms with van der Waals surface area (Å²) in [6.07, 6.45) is 0. The maximum absolute atomic E-state index is 10.7. The fourth-order valence-electron chi connectivity index (χ4n) is 3.42. The van der Waals surface area contributed by atoms with Gasteiger partial charge in [-0.3, -0.25) is 0 Å². The van der Waals surface area contributed by atoms with Gasteiger partial charge in [-0.05, 0) is 24.6 Å². The Kier molecular flexibility index (Phi) is 5.31. The zero-order valence-electron chi connectivity index (χ0n) is 13.5. The summed E-state index contributed by atoms with van der Waals surface area (Å²) in [5.41, 5.74) is 3.40. The van der Waals surface area contributed by atoms with Gasteiger partial charge < -0.3 is 24.4 Å². The number of rotatable bonds is 4. The van der Waals surface area contributed by atoms with Crippen molar-refractivity contribution in [1.29, 1.82) is 0 Å². The zero-order valence-corrected chi connectivity index (χ0v) is 13.5. The van der Waals surface area contributed by atoms with Crippen LogP contribution in [0, 0.1) is 6.92 Å². The van der Waals surface area contributed by atoms with Crippen molar-refractivity contribution in [2.24, 2.45) is 0 Å². The summed E-state index contributed by atoms with van der Waals surface area (Å²) < 4.78 is 10.8. The molecule has 0 aromatic heterocycles. The molecule has 2 fully saturated rings. The number of nitrogens with one attached hydrogen (secondary N) is 2. The van der Waals surface area contributed by atoms with Crippen LogP contribution in [0.25, 0.3) is 0 Å². The van der Waals surface area contributed by atoms with Crippen molar-refractivity contribution < 1.29 is 24.4 Å². The van der Waals surface area contributed by atoms with Gasteiger partial charge in [0.2, 0.25) is 0 Å². The highest BCUT2D eigenvalue weighted by Gasteiger charge is 2.21. The largest absolute Gasteiger partial charge is 0.507 e. The lowest BCUT2D eigenvalue weighted by molar-refractivity contribution is -0.922. The number of hydrogen-bond donors (Lipinski definition) is 3. The number of benzene rings is 1. The van der Waals surface area contributed by atoms with Gasteiger partial charge in [-0.15, -0.1) is 0 Å². The Labute approximate surface area is 132 Å². The first-order valence-corrected chi connectivity index (χ1v) is 8.36. The Hall–Kier alpha value is -1.14. The van der Waals surface area contributed by atoms with E-state index in [1.807, 2.05) is 0 Å². The number of aromatic hydroxyl groups is 1. The Morgan fingerprint density at radius 1 is 0.864 bits per heavy atom. The van der Waals surface area contributed by atoms with E-state index in [0.717, 1.165) is 76.8 Å². The molecule has 5 nitrogen and oxygen atoms in total. The van der Waals surface area contributed by atoms with Crippen LogP contribution in [0.3, 0.4) is 0 Å². The molecule has 0 atom stereocenters. The number of hydrogen-bond acceptors (Lipinski definition) is 3. The number of phenolic OH excluding ortho intramolecular Hbond substituents is 1. The van der Waals surface area contributed by atoms with Gasteiger partial charge in [-0.1, -0.05) is 0 Å². The maximum Gasteiger partial charge on any atom is 0.133 e. The molecular weight excluding hydrogens is 280 g/mol. The topological polar surface area (TPSA) is 47.6 Å². The molecule has 22 heavy (non-hydrogen) atoms. The van der Waals surface area contributed by atoms with Gasteiger partial charge in [0.1, 0.15) is 45.0 Å². The molecule has 5 heteroatoms. The molecule has 1 aromatic carbocycles.